The van der Waals surface area contributed by atoms with E-state index in [4.69, 9.17) is 4.52 Å². The van der Waals surface area contributed by atoms with Crippen LogP contribution in [0.2, 0.25) is 0 Å². The number of aromatic nitrogens is 1. The van der Waals surface area contributed by atoms with E-state index in [2.05, 4.69) is 46.1 Å². The number of amides is 1. The van der Waals surface area contributed by atoms with Crippen molar-refractivity contribution in [2.45, 2.75) is 51.1 Å². The predicted molar refractivity (Wildman–Crippen MR) is 102 cm³/mol. The lowest BCUT2D eigenvalue weighted by atomic mass is 9.75. The Morgan fingerprint density at radius 3 is 2.56 bits per heavy atom. The summed E-state index contributed by atoms with van der Waals surface area (Å²) in [4.78, 5) is 18.0. The molecule has 0 saturated carbocycles. The van der Waals surface area contributed by atoms with Gasteiger partial charge >= 0.3 is 0 Å². The third kappa shape index (κ3) is 2.89. The first kappa shape index (κ1) is 17.0. The molecule has 5 heterocycles. The number of hydrogen-bond acceptors (Lipinski definition) is 4. The molecule has 0 radical (unpaired) electrons. The summed E-state index contributed by atoms with van der Waals surface area (Å²) in [6, 6.07) is 11.6. The SMILES string of the molecule is Cc1ccc([C@@H]2CN(C(=O)Cc3cc(C)no3)[C@@H]3C4CCN(CC4)[C@@H]32)cc1. The van der Waals surface area contributed by atoms with Crippen molar-refractivity contribution < 1.29 is 9.32 Å². The van der Waals surface area contributed by atoms with E-state index >= 15 is 0 Å². The molecule has 0 N–H and O–H groups in total. The monoisotopic (exact) mass is 365 g/mol. The molecule has 0 aliphatic carbocycles. The van der Waals surface area contributed by atoms with Crippen LogP contribution in [0.1, 0.15) is 41.3 Å². The van der Waals surface area contributed by atoms with Crippen molar-refractivity contribution in [2.75, 3.05) is 19.6 Å². The summed E-state index contributed by atoms with van der Waals surface area (Å²) in [5, 5.41) is 3.93. The van der Waals surface area contributed by atoms with Gasteiger partial charge in [-0.1, -0.05) is 35.0 Å². The van der Waals surface area contributed by atoms with Crippen LogP contribution in [0.15, 0.2) is 34.9 Å². The minimum absolute atomic E-state index is 0.185. The summed E-state index contributed by atoms with van der Waals surface area (Å²) in [6.45, 7) is 7.19. The zero-order chi connectivity index (χ0) is 18.5. The van der Waals surface area contributed by atoms with Crippen molar-refractivity contribution in [1.82, 2.24) is 15.0 Å². The molecule has 5 nitrogen and oxygen atoms in total. The predicted octanol–water partition coefficient (Wildman–Crippen LogP) is 2.92. The molecular formula is C22H27N3O2. The highest BCUT2D eigenvalue weighted by Crippen LogP contribution is 2.46. The number of carbonyl (C=O) groups excluding carboxylic acids is 1. The number of hydrogen-bond donors (Lipinski definition) is 0. The van der Waals surface area contributed by atoms with Crippen LogP contribution in [0, 0.1) is 19.8 Å². The van der Waals surface area contributed by atoms with Crippen molar-refractivity contribution >= 4 is 5.91 Å². The van der Waals surface area contributed by atoms with E-state index in [1.54, 1.807) is 0 Å². The van der Waals surface area contributed by atoms with E-state index in [1.807, 2.05) is 13.0 Å². The van der Waals surface area contributed by atoms with Gasteiger partial charge in [0.1, 0.15) is 5.76 Å². The average molecular weight is 365 g/mol. The average Bonchev–Trinajstić information content (AvgIpc) is 3.28. The molecule has 3 atom stereocenters. The standard InChI is InChI=1S/C22H27N3O2/c1-14-3-5-16(6-4-14)19-13-25(20(26)12-18-11-15(2)23-27-18)21-17-7-9-24(10-8-17)22(19)21/h3-6,11,17,19,21-22H,7-10,12-13H2,1-2H3/t19-,21+,22+/m0/s1. The number of likely N-dealkylation sites (tertiary alicyclic amines) is 1. The minimum Gasteiger partial charge on any atom is -0.361 e. The maximum absolute atomic E-state index is 13.2. The summed E-state index contributed by atoms with van der Waals surface area (Å²) < 4.78 is 5.31. The molecule has 142 valence electrons. The molecule has 1 amide bonds. The number of benzene rings is 1. The fourth-order valence-corrected chi connectivity index (χ4v) is 5.56. The van der Waals surface area contributed by atoms with Crippen molar-refractivity contribution in [3.05, 3.63) is 52.9 Å². The first-order valence-electron chi connectivity index (χ1n) is 10.1. The van der Waals surface area contributed by atoms with Gasteiger partial charge in [-0.3, -0.25) is 9.69 Å². The fourth-order valence-electron chi connectivity index (χ4n) is 5.56. The van der Waals surface area contributed by atoms with Gasteiger partial charge in [0.15, 0.2) is 0 Å². The van der Waals surface area contributed by atoms with Crippen LogP contribution in [0.25, 0.3) is 0 Å². The van der Waals surface area contributed by atoms with Gasteiger partial charge in [0.25, 0.3) is 0 Å². The van der Waals surface area contributed by atoms with Crippen molar-refractivity contribution in [1.29, 1.82) is 0 Å². The molecule has 2 bridgehead atoms. The first-order valence-corrected chi connectivity index (χ1v) is 10.1. The Morgan fingerprint density at radius 1 is 1.15 bits per heavy atom. The van der Waals surface area contributed by atoms with E-state index < -0.39 is 0 Å². The van der Waals surface area contributed by atoms with Crippen LogP contribution >= 0.6 is 0 Å². The summed E-state index contributed by atoms with van der Waals surface area (Å²) in [5.74, 6) is 1.90. The molecule has 6 rings (SSSR count). The lowest BCUT2D eigenvalue weighted by molar-refractivity contribution is -0.135. The van der Waals surface area contributed by atoms with Gasteiger partial charge in [0, 0.05) is 24.6 Å². The Kier molecular flexibility index (Phi) is 4.08. The van der Waals surface area contributed by atoms with E-state index in [-0.39, 0.29) is 5.91 Å². The quantitative estimate of drug-likeness (QED) is 0.839. The second-order valence-electron chi connectivity index (χ2n) is 8.53. The van der Waals surface area contributed by atoms with Gasteiger partial charge in [-0.2, -0.15) is 0 Å². The Bertz CT molecular complexity index is 835. The topological polar surface area (TPSA) is 49.6 Å². The maximum atomic E-state index is 13.2. The molecule has 4 aliphatic heterocycles. The highest BCUT2D eigenvalue weighted by molar-refractivity contribution is 5.79. The van der Waals surface area contributed by atoms with Gasteiger partial charge in [-0.15, -0.1) is 0 Å². The van der Waals surface area contributed by atoms with E-state index in [1.165, 1.54) is 37.1 Å². The second-order valence-corrected chi connectivity index (χ2v) is 8.53. The van der Waals surface area contributed by atoms with Crippen molar-refractivity contribution in [3.63, 3.8) is 0 Å². The number of carbonyl (C=O) groups is 1. The van der Waals surface area contributed by atoms with Crippen LogP contribution in [0.3, 0.4) is 0 Å². The smallest absolute Gasteiger partial charge is 0.230 e. The summed E-state index contributed by atoms with van der Waals surface area (Å²) >= 11 is 0. The fraction of sp³-hybridized carbons (Fsp3) is 0.545. The molecule has 5 heteroatoms. The molecule has 2 aromatic rings. The number of fused-ring (bicyclic) bond motifs is 2. The third-order valence-electron chi connectivity index (χ3n) is 6.82. The van der Waals surface area contributed by atoms with Crippen LogP contribution in [0.5, 0.6) is 0 Å². The van der Waals surface area contributed by atoms with Crippen molar-refractivity contribution in [2.24, 2.45) is 5.92 Å². The molecule has 1 aromatic carbocycles. The summed E-state index contributed by atoms with van der Waals surface area (Å²) in [5.41, 5.74) is 3.49. The van der Waals surface area contributed by atoms with Gasteiger partial charge in [-0.05, 0) is 51.3 Å². The van der Waals surface area contributed by atoms with E-state index in [0.717, 1.165) is 12.2 Å². The molecular weight excluding hydrogens is 338 g/mol. The molecule has 27 heavy (non-hydrogen) atoms. The van der Waals surface area contributed by atoms with Crippen LogP contribution < -0.4 is 0 Å². The van der Waals surface area contributed by atoms with Crippen LogP contribution in [0.4, 0.5) is 0 Å². The van der Waals surface area contributed by atoms with Crippen LogP contribution in [-0.4, -0.2) is 52.6 Å². The van der Waals surface area contributed by atoms with E-state index in [0.29, 0.717) is 36.1 Å². The van der Waals surface area contributed by atoms with Crippen molar-refractivity contribution in [3.8, 4) is 0 Å². The van der Waals surface area contributed by atoms with Gasteiger partial charge in [0.05, 0.1) is 18.2 Å². The number of nitrogens with zero attached hydrogens (tertiary/aromatic N) is 3. The van der Waals surface area contributed by atoms with Gasteiger partial charge in [0.2, 0.25) is 5.91 Å². The Hall–Kier alpha value is -2.14. The lowest BCUT2D eigenvalue weighted by Crippen LogP contribution is -2.60. The largest absolute Gasteiger partial charge is 0.361 e. The molecule has 4 saturated heterocycles. The summed E-state index contributed by atoms with van der Waals surface area (Å²) in [6.07, 6.45) is 2.75. The first-order chi connectivity index (χ1) is 13.1. The third-order valence-corrected chi connectivity index (χ3v) is 6.82. The Morgan fingerprint density at radius 2 is 1.89 bits per heavy atom. The number of rotatable bonds is 3. The highest BCUT2D eigenvalue weighted by atomic mass is 16.5. The molecule has 4 aliphatic rings. The highest BCUT2D eigenvalue weighted by Gasteiger charge is 2.54. The molecule has 4 fully saturated rings. The zero-order valence-corrected chi connectivity index (χ0v) is 16.1. The molecule has 0 unspecified atom stereocenters. The normalized spacial score (nSPS) is 31.9. The second kappa shape index (κ2) is 6.48. The number of piperidine rings is 3. The number of aryl methyl sites for hydroxylation is 2. The lowest BCUT2D eigenvalue weighted by Gasteiger charge is -2.51. The maximum Gasteiger partial charge on any atom is 0.230 e. The van der Waals surface area contributed by atoms with Crippen LogP contribution in [-0.2, 0) is 11.2 Å². The van der Waals surface area contributed by atoms with Gasteiger partial charge < -0.3 is 9.42 Å². The Balaban J connectivity index is 1.45. The van der Waals surface area contributed by atoms with Gasteiger partial charge in [-0.25, -0.2) is 0 Å². The summed E-state index contributed by atoms with van der Waals surface area (Å²) in [7, 11) is 0. The minimum atomic E-state index is 0.185. The Labute approximate surface area is 160 Å². The van der Waals surface area contributed by atoms with E-state index in [9.17, 15) is 4.79 Å². The zero-order valence-electron chi connectivity index (χ0n) is 16.1. The molecule has 1 aromatic heterocycles. The molecule has 0 spiro atoms.